The Bertz CT molecular complexity index is 591. The van der Waals surface area contributed by atoms with Gasteiger partial charge in [0.25, 0.3) is 0 Å². The van der Waals surface area contributed by atoms with E-state index in [4.69, 9.17) is 5.73 Å². The molecule has 1 unspecified atom stereocenters. The maximum absolute atomic E-state index is 11.8. The van der Waals surface area contributed by atoms with Gasteiger partial charge in [0, 0.05) is 0 Å². The van der Waals surface area contributed by atoms with Crippen LogP contribution in [0.2, 0.25) is 0 Å². The lowest BCUT2D eigenvalue weighted by Crippen LogP contribution is -2.49. The Morgan fingerprint density at radius 2 is 1.95 bits per heavy atom. The average Bonchev–Trinajstić information content (AvgIpc) is 2.37. The summed E-state index contributed by atoms with van der Waals surface area (Å²) in [6.45, 7) is 4.99. The first-order chi connectivity index (χ1) is 9.08. The Morgan fingerprint density at radius 3 is 2.45 bits per heavy atom. The molecule has 0 aromatic heterocycles. The lowest BCUT2D eigenvalue weighted by atomic mass is 10.0. The summed E-state index contributed by atoms with van der Waals surface area (Å²) in [7, 11) is -2.15. The van der Waals surface area contributed by atoms with Crippen LogP contribution in [0.15, 0.2) is 29.2 Å². The quantitative estimate of drug-likeness (QED) is 0.737. The fraction of sp³-hybridized carbons (Fsp3) is 0.462. The van der Waals surface area contributed by atoms with E-state index in [1.54, 1.807) is 32.9 Å². The molecule has 0 bridgehead atoms. The Balaban J connectivity index is 2.99. The van der Waals surface area contributed by atoms with Crippen molar-refractivity contribution in [3.8, 4) is 0 Å². The topological polar surface area (TPSA) is 101 Å². The van der Waals surface area contributed by atoms with E-state index in [1.165, 1.54) is 19.2 Å². The molecule has 1 rings (SSSR count). The van der Waals surface area contributed by atoms with Crippen molar-refractivity contribution in [3.63, 3.8) is 0 Å². The van der Waals surface area contributed by atoms with Gasteiger partial charge in [0.1, 0.15) is 0 Å². The molecule has 0 heterocycles. The van der Waals surface area contributed by atoms with E-state index < -0.39 is 15.6 Å². The third-order valence-electron chi connectivity index (χ3n) is 2.87. The monoisotopic (exact) mass is 299 g/mol. The second-order valence-electron chi connectivity index (χ2n) is 5.20. The SMILES string of the molecule is CNS(=O)(=O)c1cccc(C(C)NC(=O)C(C)(C)N)c1. The predicted octanol–water partition coefficient (Wildman–Crippen LogP) is 0.509. The van der Waals surface area contributed by atoms with Gasteiger partial charge in [0.2, 0.25) is 15.9 Å². The highest BCUT2D eigenvalue weighted by atomic mass is 32.2. The normalized spacial score (nSPS) is 13.8. The minimum Gasteiger partial charge on any atom is -0.348 e. The number of amides is 1. The molecule has 0 saturated heterocycles. The van der Waals surface area contributed by atoms with Gasteiger partial charge >= 0.3 is 0 Å². The summed E-state index contributed by atoms with van der Waals surface area (Å²) in [4.78, 5) is 12.0. The molecule has 6 nitrogen and oxygen atoms in total. The van der Waals surface area contributed by atoms with Crippen molar-refractivity contribution in [1.29, 1.82) is 0 Å². The van der Waals surface area contributed by atoms with Gasteiger partial charge < -0.3 is 11.1 Å². The van der Waals surface area contributed by atoms with Crippen LogP contribution in [0.25, 0.3) is 0 Å². The van der Waals surface area contributed by atoms with E-state index in [0.717, 1.165) is 0 Å². The van der Waals surface area contributed by atoms with Crippen molar-refractivity contribution in [2.75, 3.05) is 7.05 Å². The molecule has 0 aliphatic carbocycles. The number of hydrogen-bond donors (Lipinski definition) is 3. The number of nitrogens with two attached hydrogens (primary N) is 1. The number of carbonyl (C=O) groups is 1. The molecule has 20 heavy (non-hydrogen) atoms. The molecule has 0 spiro atoms. The molecule has 1 amide bonds. The summed E-state index contributed by atoms with van der Waals surface area (Å²) in [5.74, 6) is -0.299. The molecule has 0 aliphatic heterocycles. The van der Waals surface area contributed by atoms with Gasteiger partial charge in [0.15, 0.2) is 0 Å². The molecule has 112 valence electrons. The Labute approximate surface area is 119 Å². The molecule has 4 N–H and O–H groups in total. The largest absolute Gasteiger partial charge is 0.348 e. The van der Waals surface area contributed by atoms with Crippen molar-refractivity contribution in [3.05, 3.63) is 29.8 Å². The van der Waals surface area contributed by atoms with Gasteiger partial charge in [-0.05, 0) is 45.5 Å². The van der Waals surface area contributed by atoms with E-state index >= 15 is 0 Å². The van der Waals surface area contributed by atoms with E-state index in [1.807, 2.05) is 0 Å². The van der Waals surface area contributed by atoms with Crippen molar-refractivity contribution in [2.24, 2.45) is 5.73 Å². The Hall–Kier alpha value is -1.44. The molecule has 0 aliphatic rings. The van der Waals surface area contributed by atoms with Crippen LogP contribution in [0.1, 0.15) is 32.4 Å². The molecule has 1 aromatic carbocycles. The van der Waals surface area contributed by atoms with Gasteiger partial charge in [-0.2, -0.15) is 0 Å². The first kappa shape index (κ1) is 16.6. The smallest absolute Gasteiger partial charge is 0.240 e. The molecule has 7 heteroatoms. The van der Waals surface area contributed by atoms with Crippen molar-refractivity contribution in [1.82, 2.24) is 10.0 Å². The fourth-order valence-electron chi connectivity index (χ4n) is 1.53. The number of sulfonamides is 1. The zero-order valence-electron chi connectivity index (χ0n) is 12.1. The number of nitrogens with one attached hydrogen (secondary N) is 2. The molecule has 1 aromatic rings. The van der Waals surface area contributed by atoms with E-state index in [9.17, 15) is 13.2 Å². The summed E-state index contributed by atoms with van der Waals surface area (Å²) >= 11 is 0. The van der Waals surface area contributed by atoms with Crippen LogP contribution in [0, 0.1) is 0 Å². The minimum absolute atomic E-state index is 0.158. The third-order valence-corrected chi connectivity index (χ3v) is 4.28. The second-order valence-corrected chi connectivity index (χ2v) is 7.08. The van der Waals surface area contributed by atoms with Crippen LogP contribution >= 0.6 is 0 Å². The van der Waals surface area contributed by atoms with Gasteiger partial charge in [-0.15, -0.1) is 0 Å². The minimum atomic E-state index is -3.50. The average molecular weight is 299 g/mol. The van der Waals surface area contributed by atoms with Gasteiger partial charge in [-0.1, -0.05) is 12.1 Å². The lowest BCUT2D eigenvalue weighted by molar-refractivity contribution is -0.125. The Kier molecular flexibility index (Phi) is 4.90. The standard InChI is InChI=1S/C13H21N3O3S/c1-9(16-12(17)13(2,3)14)10-6-5-7-11(8-10)20(18,19)15-4/h5-9,15H,14H2,1-4H3,(H,16,17). The number of carbonyl (C=O) groups excluding carboxylic acids is 1. The van der Waals surface area contributed by atoms with Crippen LogP contribution in [0.3, 0.4) is 0 Å². The highest BCUT2D eigenvalue weighted by molar-refractivity contribution is 7.89. The second kappa shape index (κ2) is 5.90. The highest BCUT2D eigenvalue weighted by Crippen LogP contribution is 2.18. The highest BCUT2D eigenvalue weighted by Gasteiger charge is 2.24. The summed E-state index contributed by atoms with van der Waals surface area (Å²) < 4.78 is 25.7. The lowest BCUT2D eigenvalue weighted by Gasteiger charge is -2.22. The molecule has 0 radical (unpaired) electrons. The maximum atomic E-state index is 11.8. The molecule has 1 atom stereocenters. The molecule has 0 fully saturated rings. The number of hydrogen-bond acceptors (Lipinski definition) is 4. The van der Waals surface area contributed by atoms with Crippen molar-refractivity contribution >= 4 is 15.9 Å². The first-order valence-corrected chi connectivity index (χ1v) is 7.69. The predicted molar refractivity (Wildman–Crippen MR) is 77.5 cm³/mol. The first-order valence-electron chi connectivity index (χ1n) is 6.21. The summed E-state index contributed by atoms with van der Waals surface area (Å²) in [6, 6.07) is 6.08. The maximum Gasteiger partial charge on any atom is 0.240 e. The van der Waals surface area contributed by atoms with E-state index in [2.05, 4.69) is 10.0 Å². The van der Waals surface area contributed by atoms with Gasteiger partial charge in [0.05, 0.1) is 16.5 Å². The zero-order chi connectivity index (χ0) is 15.6. The molecular formula is C13H21N3O3S. The number of rotatable bonds is 5. The molecule has 0 saturated carbocycles. The van der Waals surface area contributed by atoms with Crippen LogP contribution in [-0.2, 0) is 14.8 Å². The van der Waals surface area contributed by atoms with Crippen LogP contribution in [-0.4, -0.2) is 26.9 Å². The van der Waals surface area contributed by atoms with E-state index in [0.29, 0.717) is 5.56 Å². The van der Waals surface area contributed by atoms with Crippen molar-refractivity contribution in [2.45, 2.75) is 37.2 Å². The van der Waals surface area contributed by atoms with Crippen molar-refractivity contribution < 1.29 is 13.2 Å². The van der Waals surface area contributed by atoms with Gasteiger partial charge in [-0.3, -0.25) is 4.79 Å². The van der Waals surface area contributed by atoms with Crippen LogP contribution < -0.4 is 15.8 Å². The van der Waals surface area contributed by atoms with Crippen LogP contribution in [0.5, 0.6) is 0 Å². The number of benzene rings is 1. The molecular weight excluding hydrogens is 278 g/mol. The van der Waals surface area contributed by atoms with Gasteiger partial charge in [-0.25, -0.2) is 13.1 Å². The van der Waals surface area contributed by atoms with E-state index in [-0.39, 0.29) is 16.8 Å². The Morgan fingerprint density at radius 1 is 1.35 bits per heavy atom. The fourth-order valence-corrected chi connectivity index (χ4v) is 2.32. The summed E-state index contributed by atoms with van der Waals surface area (Å²) in [6.07, 6.45) is 0. The zero-order valence-corrected chi connectivity index (χ0v) is 12.9. The summed E-state index contributed by atoms with van der Waals surface area (Å²) in [5.41, 5.74) is 5.42. The van der Waals surface area contributed by atoms with Crippen LogP contribution in [0.4, 0.5) is 0 Å². The third kappa shape index (κ3) is 4.03. The summed E-state index contributed by atoms with van der Waals surface area (Å²) in [5, 5.41) is 2.75.